The Hall–Kier alpha value is -1.93. The maximum absolute atomic E-state index is 12.2. The van der Waals surface area contributed by atoms with Gasteiger partial charge in [0.2, 0.25) is 0 Å². The highest BCUT2D eigenvalue weighted by Crippen LogP contribution is 2.27. The molecule has 2 aromatic rings. The van der Waals surface area contributed by atoms with E-state index in [1.807, 2.05) is 0 Å². The summed E-state index contributed by atoms with van der Waals surface area (Å²) in [6, 6.07) is 8.96. The summed E-state index contributed by atoms with van der Waals surface area (Å²) in [5, 5.41) is 13.4. The first-order valence-electron chi connectivity index (χ1n) is 5.69. The molecular formula is C13H9Br2N3O3. The van der Waals surface area contributed by atoms with Crippen LogP contribution in [0, 0.1) is 10.1 Å². The summed E-state index contributed by atoms with van der Waals surface area (Å²) in [4.78, 5) is 22.4. The molecule has 1 amide bonds. The fraction of sp³-hybridized carbons (Fsp3) is 0. The third kappa shape index (κ3) is 3.59. The van der Waals surface area contributed by atoms with E-state index in [0.717, 1.165) is 10.5 Å². The number of rotatable bonds is 3. The van der Waals surface area contributed by atoms with E-state index in [0.29, 0.717) is 10.2 Å². The van der Waals surface area contributed by atoms with E-state index in [1.165, 1.54) is 12.1 Å². The summed E-state index contributed by atoms with van der Waals surface area (Å²) in [7, 11) is 0. The molecule has 0 aliphatic heterocycles. The highest BCUT2D eigenvalue weighted by molar-refractivity contribution is 9.11. The van der Waals surface area contributed by atoms with Crippen LogP contribution in [0.5, 0.6) is 0 Å². The zero-order valence-electron chi connectivity index (χ0n) is 10.5. The zero-order valence-corrected chi connectivity index (χ0v) is 13.6. The van der Waals surface area contributed by atoms with E-state index < -0.39 is 10.8 Å². The van der Waals surface area contributed by atoms with Gasteiger partial charge in [0.15, 0.2) is 0 Å². The molecule has 0 unspecified atom stereocenters. The lowest BCUT2D eigenvalue weighted by atomic mass is 10.1. The molecular weight excluding hydrogens is 406 g/mol. The van der Waals surface area contributed by atoms with Crippen LogP contribution in [0.4, 0.5) is 17.1 Å². The van der Waals surface area contributed by atoms with Crippen molar-refractivity contribution < 1.29 is 9.72 Å². The number of nitrogen functional groups attached to an aromatic ring is 1. The first-order chi connectivity index (χ1) is 9.88. The van der Waals surface area contributed by atoms with Gasteiger partial charge in [-0.3, -0.25) is 14.9 Å². The lowest BCUT2D eigenvalue weighted by Crippen LogP contribution is -2.14. The number of nitrogens with one attached hydrogen (secondary N) is 1. The Morgan fingerprint density at radius 2 is 1.90 bits per heavy atom. The van der Waals surface area contributed by atoms with Gasteiger partial charge in [-0.15, -0.1) is 0 Å². The number of anilines is 2. The Morgan fingerprint density at radius 1 is 1.19 bits per heavy atom. The third-order valence-corrected chi connectivity index (χ3v) is 3.82. The highest BCUT2D eigenvalue weighted by atomic mass is 79.9. The molecule has 2 aromatic carbocycles. The van der Waals surface area contributed by atoms with Crippen LogP contribution < -0.4 is 11.1 Å². The number of nitro benzene ring substituents is 1. The Kier molecular flexibility index (Phi) is 4.59. The number of nitro groups is 1. The molecule has 0 spiro atoms. The third-order valence-electron chi connectivity index (χ3n) is 2.67. The molecule has 0 aliphatic carbocycles. The van der Waals surface area contributed by atoms with Crippen molar-refractivity contribution in [2.45, 2.75) is 0 Å². The Labute approximate surface area is 136 Å². The zero-order chi connectivity index (χ0) is 15.6. The van der Waals surface area contributed by atoms with Crippen LogP contribution in [-0.2, 0) is 0 Å². The van der Waals surface area contributed by atoms with Crippen LogP contribution in [0.25, 0.3) is 0 Å². The number of carbonyl (C=O) groups is 1. The van der Waals surface area contributed by atoms with Gasteiger partial charge in [0, 0.05) is 26.8 Å². The van der Waals surface area contributed by atoms with Gasteiger partial charge in [0.1, 0.15) is 0 Å². The van der Waals surface area contributed by atoms with Gasteiger partial charge in [0.25, 0.3) is 11.6 Å². The minimum Gasteiger partial charge on any atom is -0.398 e. The molecule has 2 rings (SSSR count). The first-order valence-corrected chi connectivity index (χ1v) is 7.27. The second-order valence-electron chi connectivity index (χ2n) is 4.11. The summed E-state index contributed by atoms with van der Waals surface area (Å²) < 4.78 is 1.52. The van der Waals surface area contributed by atoms with Crippen LogP contribution in [0.15, 0.2) is 45.3 Å². The summed E-state index contributed by atoms with van der Waals surface area (Å²) in [6.45, 7) is 0. The van der Waals surface area contributed by atoms with E-state index in [1.54, 1.807) is 18.2 Å². The Bertz CT molecular complexity index is 735. The molecule has 0 saturated carbocycles. The largest absolute Gasteiger partial charge is 0.398 e. The van der Waals surface area contributed by atoms with Gasteiger partial charge in [-0.25, -0.2) is 0 Å². The van der Waals surface area contributed by atoms with Crippen LogP contribution in [-0.4, -0.2) is 10.8 Å². The molecule has 0 aliphatic rings. The van der Waals surface area contributed by atoms with Crippen molar-refractivity contribution in [3.05, 3.63) is 61.0 Å². The number of non-ortho nitro benzene ring substituents is 1. The fourth-order valence-corrected chi connectivity index (χ4v) is 2.78. The maximum atomic E-state index is 12.2. The monoisotopic (exact) mass is 413 g/mol. The summed E-state index contributed by atoms with van der Waals surface area (Å²) in [6.07, 6.45) is 0. The molecule has 21 heavy (non-hydrogen) atoms. The van der Waals surface area contributed by atoms with Gasteiger partial charge in [-0.05, 0) is 40.2 Å². The van der Waals surface area contributed by atoms with E-state index in [2.05, 4.69) is 37.2 Å². The highest BCUT2D eigenvalue weighted by Gasteiger charge is 2.16. The minimum atomic E-state index is -0.578. The number of hydrogen-bond acceptors (Lipinski definition) is 4. The number of nitrogens with zero attached hydrogens (tertiary/aromatic N) is 1. The molecule has 3 N–H and O–H groups in total. The molecule has 0 heterocycles. The molecule has 8 heteroatoms. The maximum Gasteiger partial charge on any atom is 0.270 e. The smallest absolute Gasteiger partial charge is 0.270 e. The minimum absolute atomic E-state index is 0.0546. The lowest BCUT2D eigenvalue weighted by Gasteiger charge is -2.09. The second-order valence-corrected chi connectivity index (χ2v) is 5.88. The summed E-state index contributed by atoms with van der Waals surface area (Å²) >= 11 is 6.63. The second kappa shape index (κ2) is 6.23. The average Bonchev–Trinajstić information content (AvgIpc) is 2.42. The van der Waals surface area contributed by atoms with Crippen molar-refractivity contribution >= 4 is 54.8 Å². The number of amides is 1. The molecule has 0 radical (unpaired) electrons. The molecule has 0 atom stereocenters. The molecule has 0 bridgehead atoms. The van der Waals surface area contributed by atoms with E-state index in [-0.39, 0.29) is 16.9 Å². The van der Waals surface area contributed by atoms with Gasteiger partial charge in [0.05, 0.1) is 16.2 Å². The van der Waals surface area contributed by atoms with Gasteiger partial charge >= 0.3 is 0 Å². The topological polar surface area (TPSA) is 98.3 Å². The van der Waals surface area contributed by atoms with Crippen molar-refractivity contribution in [1.29, 1.82) is 0 Å². The molecule has 6 nitrogen and oxygen atoms in total. The fourth-order valence-electron chi connectivity index (χ4n) is 1.63. The molecule has 0 saturated heterocycles. The number of benzene rings is 2. The standard InChI is InChI=1S/C13H9Br2N3O3/c14-7-1-4-12(10(15)5-7)17-13(19)9-6-8(18(20)21)2-3-11(9)16/h1-6H,16H2,(H,17,19). The van der Waals surface area contributed by atoms with E-state index in [4.69, 9.17) is 5.73 Å². The normalized spacial score (nSPS) is 10.2. The van der Waals surface area contributed by atoms with Gasteiger partial charge < -0.3 is 11.1 Å². The number of hydrogen-bond donors (Lipinski definition) is 2. The summed E-state index contributed by atoms with van der Waals surface area (Å²) in [5.41, 5.74) is 6.28. The Balaban J connectivity index is 2.32. The molecule has 108 valence electrons. The first kappa shape index (κ1) is 15.5. The van der Waals surface area contributed by atoms with Gasteiger partial charge in [-0.1, -0.05) is 15.9 Å². The van der Waals surface area contributed by atoms with Crippen LogP contribution in [0.3, 0.4) is 0 Å². The SMILES string of the molecule is Nc1ccc([N+](=O)[O-])cc1C(=O)Nc1ccc(Br)cc1Br. The quantitative estimate of drug-likeness (QED) is 0.451. The van der Waals surface area contributed by atoms with Crippen molar-refractivity contribution in [1.82, 2.24) is 0 Å². The van der Waals surface area contributed by atoms with Crippen LogP contribution >= 0.6 is 31.9 Å². The lowest BCUT2D eigenvalue weighted by molar-refractivity contribution is -0.384. The predicted octanol–water partition coefficient (Wildman–Crippen LogP) is 3.95. The van der Waals surface area contributed by atoms with E-state index >= 15 is 0 Å². The average molecular weight is 415 g/mol. The number of carbonyl (C=O) groups excluding carboxylic acids is 1. The predicted molar refractivity (Wildman–Crippen MR) is 87.3 cm³/mol. The van der Waals surface area contributed by atoms with Crippen LogP contribution in [0.2, 0.25) is 0 Å². The van der Waals surface area contributed by atoms with Crippen molar-refractivity contribution in [2.24, 2.45) is 0 Å². The number of nitrogens with two attached hydrogens (primary N) is 1. The van der Waals surface area contributed by atoms with E-state index in [9.17, 15) is 14.9 Å². The number of halogens is 2. The molecule has 0 fully saturated rings. The van der Waals surface area contributed by atoms with Crippen molar-refractivity contribution in [2.75, 3.05) is 11.1 Å². The van der Waals surface area contributed by atoms with Gasteiger partial charge in [-0.2, -0.15) is 0 Å². The van der Waals surface area contributed by atoms with Crippen LogP contribution in [0.1, 0.15) is 10.4 Å². The van der Waals surface area contributed by atoms with Crippen molar-refractivity contribution in [3.8, 4) is 0 Å². The Morgan fingerprint density at radius 3 is 2.52 bits per heavy atom. The summed E-state index contributed by atoms with van der Waals surface area (Å²) in [5.74, 6) is -0.515. The van der Waals surface area contributed by atoms with Crippen molar-refractivity contribution in [3.63, 3.8) is 0 Å². The molecule has 0 aromatic heterocycles.